The predicted octanol–water partition coefficient (Wildman–Crippen LogP) is 0.124. The summed E-state index contributed by atoms with van der Waals surface area (Å²) in [5.41, 5.74) is 0. The van der Waals surface area contributed by atoms with Crippen LogP contribution in [0.25, 0.3) is 0 Å². The molecule has 6 heteroatoms. The van der Waals surface area contributed by atoms with E-state index in [2.05, 4.69) is 16.0 Å². The van der Waals surface area contributed by atoms with E-state index in [4.69, 9.17) is 4.42 Å². The van der Waals surface area contributed by atoms with Crippen LogP contribution >= 0.6 is 0 Å². The van der Waals surface area contributed by atoms with Crippen molar-refractivity contribution in [1.82, 2.24) is 16.0 Å². The second-order valence-electron chi connectivity index (χ2n) is 3.98. The van der Waals surface area contributed by atoms with E-state index < -0.39 is 0 Å². The van der Waals surface area contributed by atoms with Crippen molar-refractivity contribution in [2.24, 2.45) is 0 Å². The third-order valence-electron chi connectivity index (χ3n) is 2.48. The number of carbonyl (C=O) groups is 2. The molecule has 100 valence electrons. The molecule has 0 aliphatic rings. The van der Waals surface area contributed by atoms with Crippen LogP contribution in [0.4, 0.5) is 0 Å². The lowest BCUT2D eigenvalue weighted by atomic mass is 10.3. The summed E-state index contributed by atoms with van der Waals surface area (Å²) in [4.78, 5) is 22.9. The molecule has 0 saturated heterocycles. The van der Waals surface area contributed by atoms with Gasteiger partial charge < -0.3 is 20.4 Å². The largest absolute Gasteiger partial charge is 0.459 e. The zero-order valence-corrected chi connectivity index (χ0v) is 10.7. The molecule has 0 aliphatic carbocycles. The van der Waals surface area contributed by atoms with Crippen LogP contribution in [-0.4, -0.2) is 38.0 Å². The SMILES string of the molecule is CNC(C)CNC(=O)CCNC(=O)c1ccco1. The molecule has 1 rings (SSSR count). The molecule has 0 radical (unpaired) electrons. The maximum atomic E-state index is 11.5. The minimum atomic E-state index is -0.309. The minimum Gasteiger partial charge on any atom is -0.459 e. The van der Waals surface area contributed by atoms with Crippen molar-refractivity contribution >= 4 is 11.8 Å². The first-order valence-electron chi connectivity index (χ1n) is 5.89. The van der Waals surface area contributed by atoms with Gasteiger partial charge in [-0.05, 0) is 26.1 Å². The first-order chi connectivity index (χ1) is 8.63. The molecule has 0 saturated carbocycles. The third-order valence-corrected chi connectivity index (χ3v) is 2.48. The summed E-state index contributed by atoms with van der Waals surface area (Å²) < 4.78 is 4.93. The average molecular weight is 253 g/mol. The van der Waals surface area contributed by atoms with E-state index in [1.54, 1.807) is 12.1 Å². The molecule has 0 aliphatic heterocycles. The standard InChI is InChI=1S/C12H19N3O3/c1-9(13-2)8-15-11(16)5-6-14-12(17)10-4-3-7-18-10/h3-4,7,9,13H,5-6,8H2,1-2H3,(H,14,17)(H,15,16). The molecule has 1 aromatic heterocycles. The maximum absolute atomic E-state index is 11.5. The molecule has 0 aromatic carbocycles. The van der Waals surface area contributed by atoms with Gasteiger partial charge in [-0.1, -0.05) is 0 Å². The van der Waals surface area contributed by atoms with Gasteiger partial charge in [0.05, 0.1) is 6.26 Å². The Kier molecular flexibility index (Phi) is 5.93. The van der Waals surface area contributed by atoms with Gasteiger partial charge in [0, 0.05) is 25.6 Å². The lowest BCUT2D eigenvalue weighted by Gasteiger charge is -2.11. The van der Waals surface area contributed by atoms with E-state index in [-0.39, 0.29) is 30.0 Å². The lowest BCUT2D eigenvalue weighted by Crippen LogP contribution is -2.38. The summed E-state index contributed by atoms with van der Waals surface area (Å²) in [6.45, 7) is 2.83. The Morgan fingerprint density at radius 3 is 2.78 bits per heavy atom. The second kappa shape index (κ2) is 7.50. The highest BCUT2D eigenvalue weighted by Crippen LogP contribution is 1.98. The Bertz CT molecular complexity index is 376. The number of rotatable bonds is 7. The van der Waals surface area contributed by atoms with Crippen LogP contribution in [0.2, 0.25) is 0 Å². The lowest BCUT2D eigenvalue weighted by molar-refractivity contribution is -0.121. The molecule has 3 N–H and O–H groups in total. The van der Waals surface area contributed by atoms with Gasteiger partial charge in [0.1, 0.15) is 0 Å². The number of likely N-dealkylation sites (N-methyl/N-ethyl adjacent to an activating group) is 1. The molecule has 0 spiro atoms. The second-order valence-corrected chi connectivity index (χ2v) is 3.98. The normalized spacial score (nSPS) is 11.9. The molecule has 0 fully saturated rings. The Balaban J connectivity index is 2.14. The molecule has 1 aromatic rings. The van der Waals surface area contributed by atoms with Crippen LogP contribution < -0.4 is 16.0 Å². The first-order valence-corrected chi connectivity index (χ1v) is 5.89. The van der Waals surface area contributed by atoms with Gasteiger partial charge in [-0.15, -0.1) is 0 Å². The molecule has 1 unspecified atom stereocenters. The van der Waals surface area contributed by atoms with Crippen molar-refractivity contribution in [2.75, 3.05) is 20.1 Å². The number of nitrogens with one attached hydrogen (secondary N) is 3. The van der Waals surface area contributed by atoms with Gasteiger partial charge in [-0.3, -0.25) is 9.59 Å². The fourth-order valence-electron chi connectivity index (χ4n) is 1.24. The van der Waals surface area contributed by atoms with E-state index in [0.717, 1.165) is 0 Å². The van der Waals surface area contributed by atoms with E-state index in [0.29, 0.717) is 13.1 Å². The molecule has 0 bridgehead atoms. The number of carbonyl (C=O) groups excluding carboxylic acids is 2. The molecule has 2 amide bonds. The third kappa shape index (κ3) is 5.01. The fraction of sp³-hybridized carbons (Fsp3) is 0.500. The van der Waals surface area contributed by atoms with Crippen LogP contribution in [-0.2, 0) is 4.79 Å². The van der Waals surface area contributed by atoms with Gasteiger partial charge in [0.25, 0.3) is 5.91 Å². The summed E-state index contributed by atoms with van der Waals surface area (Å²) in [5, 5.41) is 8.39. The maximum Gasteiger partial charge on any atom is 0.286 e. The number of amides is 2. The van der Waals surface area contributed by atoms with Gasteiger partial charge in [-0.25, -0.2) is 0 Å². The highest BCUT2D eigenvalue weighted by Gasteiger charge is 2.08. The fourth-order valence-corrected chi connectivity index (χ4v) is 1.24. The summed E-state index contributed by atoms with van der Waals surface area (Å²) in [6, 6.07) is 3.44. The van der Waals surface area contributed by atoms with E-state index in [1.165, 1.54) is 6.26 Å². The van der Waals surface area contributed by atoms with Crippen molar-refractivity contribution in [3.63, 3.8) is 0 Å². The zero-order valence-electron chi connectivity index (χ0n) is 10.7. The first kappa shape index (κ1) is 14.2. The molecule has 1 heterocycles. The number of hydrogen-bond acceptors (Lipinski definition) is 4. The van der Waals surface area contributed by atoms with Crippen LogP contribution in [0.5, 0.6) is 0 Å². The Hall–Kier alpha value is -1.82. The van der Waals surface area contributed by atoms with Crippen molar-refractivity contribution in [1.29, 1.82) is 0 Å². The van der Waals surface area contributed by atoms with Crippen molar-refractivity contribution in [2.45, 2.75) is 19.4 Å². The van der Waals surface area contributed by atoms with Crippen molar-refractivity contribution in [3.05, 3.63) is 24.2 Å². The highest BCUT2D eigenvalue weighted by atomic mass is 16.3. The van der Waals surface area contributed by atoms with E-state index >= 15 is 0 Å². The predicted molar refractivity (Wildman–Crippen MR) is 67.2 cm³/mol. The van der Waals surface area contributed by atoms with Crippen molar-refractivity contribution in [3.8, 4) is 0 Å². The smallest absolute Gasteiger partial charge is 0.286 e. The highest BCUT2D eigenvalue weighted by molar-refractivity contribution is 5.91. The zero-order chi connectivity index (χ0) is 13.4. The average Bonchev–Trinajstić information content (AvgIpc) is 2.89. The van der Waals surface area contributed by atoms with Crippen molar-refractivity contribution < 1.29 is 14.0 Å². The van der Waals surface area contributed by atoms with Crippen LogP contribution in [0, 0.1) is 0 Å². The topological polar surface area (TPSA) is 83.4 Å². The van der Waals surface area contributed by atoms with Crippen LogP contribution in [0.3, 0.4) is 0 Å². The Morgan fingerprint density at radius 2 is 2.17 bits per heavy atom. The number of hydrogen-bond donors (Lipinski definition) is 3. The van der Waals surface area contributed by atoms with Gasteiger partial charge >= 0.3 is 0 Å². The van der Waals surface area contributed by atoms with Crippen LogP contribution in [0.1, 0.15) is 23.9 Å². The molecule has 1 atom stereocenters. The van der Waals surface area contributed by atoms with E-state index in [9.17, 15) is 9.59 Å². The Morgan fingerprint density at radius 1 is 1.39 bits per heavy atom. The summed E-state index contributed by atoms with van der Waals surface area (Å²) in [5.74, 6) is -0.146. The Labute approximate surface area is 106 Å². The van der Waals surface area contributed by atoms with Gasteiger partial charge in [-0.2, -0.15) is 0 Å². The summed E-state index contributed by atoms with van der Waals surface area (Å²) >= 11 is 0. The van der Waals surface area contributed by atoms with Crippen LogP contribution in [0.15, 0.2) is 22.8 Å². The quantitative estimate of drug-likeness (QED) is 0.644. The monoisotopic (exact) mass is 253 g/mol. The number of furan rings is 1. The minimum absolute atomic E-state index is 0.0863. The van der Waals surface area contributed by atoms with Gasteiger partial charge in [0.2, 0.25) is 5.91 Å². The summed E-state index contributed by atoms with van der Waals surface area (Å²) in [6.07, 6.45) is 1.68. The molecular weight excluding hydrogens is 234 g/mol. The molecule has 6 nitrogen and oxygen atoms in total. The van der Waals surface area contributed by atoms with Gasteiger partial charge in [0.15, 0.2) is 5.76 Å². The molecule has 18 heavy (non-hydrogen) atoms. The summed E-state index contributed by atoms with van der Waals surface area (Å²) in [7, 11) is 1.83. The van der Waals surface area contributed by atoms with E-state index in [1.807, 2.05) is 14.0 Å². The molecular formula is C12H19N3O3.